The number of hydrogen-bond acceptors (Lipinski definition) is 0. The summed E-state index contributed by atoms with van der Waals surface area (Å²) in [6, 6.07) is 14.3. The molecule has 0 N–H and O–H groups in total. The van der Waals surface area contributed by atoms with E-state index in [9.17, 15) is 5.53 Å². The minimum atomic E-state index is 0.960. The van der Waals surface area contributed by atoms with Gasteiger partial charge in [0, 0.05) is 22.8 Å². The van der Waals surface area contributed by atoms with Crippen LogP contribution in [0.5, 0.6) is 0 Å². The number of aryl methyl sites for hydroxylation is 4. The summed E-state index contributed by atoms with van der Waals surface area (Å²) in [6.45, 7) is 11.4. The van der Waals surface area contributed by atoms with Crippen molar-refractivity contribution in [3.63, 3.8) is 0 Å². The van der Waals surface area contributed by atoms with Crippen LogP contribution in [-0.4, -0.2) is 4.70 Å². The van der Waals surface area contributed by atoms with E-state index in [1.807, 2.05) is 0 Å². The first-order chi connectivity index (χ1) is 22.5. The number of hydrogen-bond donors (Lipinski definition) is 0. The van der Waals surface area contributed by atoms with Gasteiger partial charge in [-0.2, -0.15) is 0 Å². The zero-order valence-corrected chi connectivity index (χ0v) is 30.7. The molecule has 2 nitrogen and oxygen atoms in total. The van der Waals surface area contributed by atoms with Gasteiger partial charge < -0.3 is 5.53 Å². The van der Waals surface area contributed by atoms with Gasteiger partial charge in [0.1, 0.15) is 0 Å². The minimum Gasteiger partial charge on any atom is -0.493 e. The van der Waals surface area contributed by atoms with Crippen molar-refractivity contribution in [2.75, 3.05) is 0 Å². The van der Waals surface area contributed by atoms with E-state index in [-0.39, 0.29) is 0 Å². The Bertz CT molecular complexity index is 1190. The lowest BCUT2D eigenvalue weighted by Crippen LogP contribution is -2.05. The first-order valence-electron chi connectivity index (χ1n) is 19.7. The molecular formula is C44H68N2. The largest absolute Gasteiger partial charge is 0.493 e. The number of nitrogens with zero attached hydrogens (tertiary/aromatic N) is 2. The van der Waals surface area contributed by atoms with E-state index in [0.29, 0.717) is 0 Å². The van der Waals surface area contributed by atoms with Crippen molar-refractivity contribution in [1.29, 1.82) is 0 Å². The highest BCUT2D eigenvalue weighted by Crippen LogP contribution is 2.39. The van der Waals surface area contributed by atoms with Crippen LogP contribution < -0.4 is 0 Å². The van der Waals surface area contributed by atoms with Gasteiger partial charge >= 0.3 is 0 Å². The average molecular weight is 625 g/mol. The molecule has 1 heterocycles. The van der Waals surface area contributed by atoms with E-state index in [0.717, 1.165) is 43.5 Å². The summed E-state index contributed by atoms with van der Waals surface area (Å²) < 4.78 is 1.57. The SMILES string of the molecule is CCCCCCCCCCCCC1=C(c2cc(CCCC)cc(CCCC)c2)[N+](=[N-])C(c2cc(CCCC)cc(CCCC)c2)=C1. The zero-order valence-electron chi connectivity index (χ0n) is 30.7. The van der Waals surface area contributed by atoms with Gasteiger partial charge in [0.15, 0.2) is 0 Å². The number of allylic oxidation sites excluding steroid dienone is 2. The standard InChI is InChI=1S/C44H68N2/c1-6-11-16-17-18-19-20-21-22-23-28-40-35-43(41-31-36(24-12-7-2)29-37(32-41)25-13-8-3)46(45)44(40)42-33-38(26-14-9-4)30-39(34-42)27-15-10-5/h29-35H,6-28H2,1-5H3. The Morgan fingerprint density at radius 3 is 1.20 bits per heavy atom. The number of unbranched alkanes of at least 4 members (excludes halogenated alkanes) is 13. The first kappa shape index (κ1) is 38.0. The van der Waals surface area contributed by atoms with Crippen LogP contribution in [0.1, 0.15) is 190 Å². The quantitative estimate of drug-likeness (QED) is 0.0776. The van der Waals surface area contributed by atoms with Crippen molar-refractivity contribution in [2.24, 2.45) is 0 Å². The Hall–Kier alpha value is -2.48. The third kappa shape index (κ3) is 12.6. The molecule has 46 heavy (non-hydrogen) atoms. The lowest BCUT2D eigenvalue weighted by atomic mass is 9.95. The summed E-state index contributed by atoms with van der Waals surface area (Å²) in [5, 5.41) is 0. The van der Waals surface area contributed by atoms with E-state index >= 15 is 0 Å². The van der Waals surface area contributed by atoms with Crippen molar-refractivity contribution in [3.05, 3.63) is 87.0 Å². The molecule has 2 aromatic rings. The molecule has 254 valence electrons. The van der Waals surface area contributed by atoms with Crippen LogP contribution in [-0.2, 0) is 25.7 Å². The van der Waals surface area contributed by atoms with Crippen LogP contribution in [0, 0.1) is 0 Å². The number of benzene rings is 2. The lowest BCUT2D eigenvalue weighted by molar-refractivity contribution is -0.344. The van der Waals surface area contributed by atoms with Gasteiger partial charge in [-0.05, 0) is 111 Å². The third-order valence-corrected chi connectivity index (χ3v) is 9.81. The van der Waals surface area contributed by atoms with Gasteiger partial charge in [0.25, 0.3) is 0 Å². The summed E-state index contributed by atoms with van der Waals surface area (Å²) in [5.41, 5.74) is 23.4. The van der Waals surface area contributed by atoms with Crippen molar-refractivity contribution in [1.82, 2.24) is 0 Å². The van der Waals surface area contributed by atoms with Crippen molar-refractivity contribution in [3.8, 4) is 0 Å². The van der Waals surface area contributed by atoms with Gasteiger partial charge in [-0.25, -0.2) is 4.70 Å². The summed E-state index contributed by atoms with van der Waals surface area (Å²) in [6.07, 6.45) is 30.8. The van der Waals surface area contributed by atoms with Crippen LogP contribution in [0.2, 0.25) is 0 Å². The third-order valence-electron chi connectivity index (χ3n) is 9.81. The lowest BCUT2D eigenvalue weighted by Gasteiger charge is -2.14. The molecule has 1 aliphatic rings. The molecule has 3 rings (SSSR count). The van der Waals surface area contributed by atoms with Crippen molar-refractivity contribution in [2.45, 2.75) is 182 Å². The van der Waals surface area contributed by atoms with E-state index in [1.165, 1.54) is 155 Å². The van der Waals surface area contributed by atoms with Crippen LogP contribution >= 0.6 is 0 Å². The highest BCUT2D eigenvalue weighted by Gasteiger charge is 2.29. The molecular weight excluding hydrogens is 556 g/mol. The molecule has 1 aliphatic heterocycles. The van der Waals surface area contributed by atoms with Crippen LogP contribution in [0.25, 0.3) is 16.9 Å². The molecule has 0 radical (unpaired) electrons. The van der Waals surface area contributed by atoms with Gasteiger partial charge in [0.2, 0.25) is 11.4 Å². The average Bonchev–Trinajstić information content (AvgIpc) is 3.40. The van der Waals surface area contributed by atoms with Crippen molar-refractivity contribution >= 4 is 11.4 Å². The van der Waals surface area contributed by atoms with Gasteiger partial charge in [-0.3, -0.25) is 0 Å². The highest BCUT2D eigenvalue weighted by molar-refractivity contribution is 5.79. The number of rotatable bonds is 25. The van der Waals surface area contributed by atoms with Gasteiger partial charge in [-0.1, -0.05) is 130 Å². The molecule has 0 aromatic heterocycles. The second-order valence-corrected chi connectivity index (χ2v) is 14.1. The monoisotopic (exact) mass is 625 g/mol. The maximum atomic E-state index is 12.1. The first-order valence-corrected chi connectivity index (χ1v) is 19.7. The summed E-state index contributed by atoms with van der Waals surface area (Å²) in [7, 11) is 0. The van der Waals surface area contributed by atoms with Crippen LogP contribution in [0.3, 0.4) is 0 Å². The van der Waals surface area contributed by atoms with Gasteiger partial charge in [0.05, 0.1) is 0 Å². The summed E-state index contributed by atoms with van der Waals surface area (Å²) >= 11 is 0. The fourth-order valence-corrected chi connectivity index (χ4v) is 6.97. The Kier molecular flexibility index (Phi) is 18.3. The fourth-order valence-electron chi connectivity index (χ4n) is 6.97. The minimum absolute atomic E-state index is 0.960. The molecule has 0 saturated carbocycles. The zero-order chi connectivity index (χ0) is 33.0. The normalized spacial score (nSPS) is 13.2. The van der Waals surface area contributed by atoms with Crippen LogP contribution in [0.4, 0.5) is 0 Å². The maximum Gasteiger partial charge on any atom is 0.210 e. The molecule has 0 amide bonds. The molecule has 0 spiro atoms. The molecule has 0 aliphatic carbocycles. The Morgan fingerprint density at radius 1 is 0.413 bits per heavy atom. The topological polar surface area (TPSA) is 25.3 Å². The van der Waals surface area contributed by atoms with Crippen molar-refractivity contribution < 1.29 is 4.70 Å². The van der Waals surface area contributed by atoms with E-state index in [1.54, 1.807) is 4.70 Å². The summed E-state index contributed by atoms with van der Waals surface area (Å²) in [5.74, 6) is 0. The predicted octanol–water partition coefficient (Wildman–Crippen LogP) is 14.2. The van der Waals surface area contributed by atoms with E-state index < -0.39 is 0 Å². The second-order valence-electron chi connectivity index (χ2n) is 14.1. The molecule has 0 bridgehead atoms. The van der Waals surface area contributed by atoms with Gasteiger partial charge in [-0.15, -0.1) is 0 Å². The predicted molar refractivity (Wildman–Crippen MR) is 202 cm³/mol. The Balaban J connectivity index is 1.90. The smallest absolute Gasteiger partial charge is 0.210 e. The van der Waals surface area contributed by atoms with E-state index in [2.05, 4.69) is 77.1 Å². The molecule has 0 fully saturated rings. The van der Waals surface area contributed by atoms with Crippen LogP contribution in [0.15, 0.2) is 48.0 Å². The molecule has 2 heteroatoms. The maximum absolute atomic E-state index is 12.1. The highest BCUT2D eigenvalue weighted by atomic mass is 15.2. The Labute approximate surface area is 284 Å². The fraction of sp³-hybridized carbons (Fsp3) is 0.636. The molecule has 0 atom stereocenters. The molecule has 2 aromatic carbocycles. The second kappa shape index (κ2) is 22.2. The van der Waals surface area contributed by atoms with E-state index in [4.69, 9.17) is 0 Å². The summed E-state index contributed by atoms with van der Waals surface area (Å²) in [4.78, 5) is 0. The molecule has 0 saturated heterocycles. The Morgan fingerprint density at radius 2 is 0.783 bits per heavy atom. The molecule has 0 unspecified atom stereocenters.